The molecule has 1 atom stereocenters. The molecule has 4 aromatic rings. The molecule has 5 heterocycles. The Morgan fingerprint density at radius 2 is 1.93 bits per heavy atom. The van der Waals surface area contributed by atoms with Crippen LogP contribution in [0, 0.1) is 18.6 Å². The highest BCUT2D eigenvalue weighted by Gasteiger charge is 2.31. The van der Waals surface area contributed by atoms with E-state index in [4.69, 9.17) is 9.72 Å². The van der Waals surface area contributed by atoms with Crippen LogP contribution in [0.15, 0.2) is 58.9 Å². The summed E-state index contributed by atoms with van der Waals surface area (Å²) in [4.78, 5) is 44.4. The minimum Gasteiger partial charge on any atom is -0.379 e. The second-order valence-corrected chi connectivity index (χ2v) is 13.0. The van der Waals surface area contributed by atoms with E-state index < -0.39 is 17.3 Å². The number of rotatable bonds is 7. The Bertz CT molecular complexity index is 1880. The number of carbonyl (C=O) groups is 1. The molecule has 2 saturated heterocycles. The third-order valence-electron chi connectivity index (χ3n) is 8.23. The average Bonchev–Trinajstić information content (AvgIpc) is 2.99. The van der Waals surface area contributed by atoms with Gasteiger partial charge in [0.25, 0.3) is 0 Å². The molecule has 2 aliphatic heterocycles. The summed E-state index contributed by atoms with van der Waals surface area (Å²) in [6.07, 6.45) is 2.95. The minimum atomic E-state index is -0.743. The Kier molecular flexibility index (Phi) is 8.45. The van der Waals surface area contributed by atoms with Gasteiger partial charge in [-0.3, -0.25) is 9.78 Å². The van der Waals surface area contributed by atoms with Crippen LogP contribution in [0.3, 0.4) is 0 Å². The van der Waals surface area contributed by atoms with Crippen LogP contribution < -0.4 is 10.6 Å². The predicted molar refractivity (Wildman–Crippen MR) is 171 cm³/mol. The van der Waals surface area contributed by atoms with Crippen molar-refractivity contribution in [2.24, 2.45) is 0 Å². The summed E-state index contributed by atoms with van der Waals surface area (Å²) in [6.45, 7) is 13.4. The van der Waals surface area contributed by atoms with E-state index in [2.05, 4.69) is 16.5 Å². The molecular formula is C33H34F2N6O3S. The Morgan fingerprint density at radius 3 is 2.60 bits per heavy atom. The van der Waals surface area contributed by atoms with Crippen molar-refractivity contribution in [1.82, 2.24) is 24.4 Å². The van der Waals surface area contributed by atoms with Crippen LogP contribution in [0.4, 0.5) is 14.6 Å². The van der Waals surface area contributed by atoms with Gasteiger partial charge in [0.1, 0.15) is 17.3 Å². The zero-order valence-electron chi connectivity index (χ0n) is 25.6. The van der Waals surface area contributed by atoms with Crippen molar-refractivity contribution in [1.29, 1.82) is 0 Å². The van der Waals surface area contributed by atoms with Crippen molar-refractivity contribution in [3.8, 4) is 16.9 Å². The van der Waals surface area contributed by atoms with E-state index in [-0.39, 0.29) is 45.8 Å². The summed E-state index contributed by atoms with van der Waals surface area (Å²) >= 11 is 1.41. The number of ether oxygens (including phenoxy) is 1. The van der Waals surface area contributed by atoms with Gasteiger partial charge in [0.2, 0.25) is 5.91 Å². The van der Waals surface area contributed by atoms with Crippen molar-refractivity contribution >= 4 is 34.5 Å². The van der Waals surface area contributed by atoms with Crippen LogP contribution in [-0.4, -0.2) is 74.5 Å². The lowest BCUT2D eigenvalue weighted by molar-refractivity contribution is -0.126. The molecule has 1 aromatic carbocycles. The third kappa shape index (κ3) is 5.61. The molecule has 45 heavy (non-hydrogen) atoms. The first-order valence-corrected chi connectivity index (χ1v) is 15.8. The summed E-state index contributed by atoms with van der Waals surface area (Å²) in [5.74, 6) is -1.35. The molecule has 0 aliphatic carbocycles. The maximum Gasteiger partial charge on any atom is 0.355 e. The molecule has 0 spiro atoms. The lowest BCUT2D eigenvalue weighted by atomic mass is 10.0. The first-order valence-electron chi connectivity index (χ1n) is 14.9. The van der Waals surface area contributed by atoms with Crippen LogP contribution >= 0.6 is 11.8 Å². The highest BCUT2D eigenvalue weighted by molar-refractivity contribution is 8.00. The van der Waals surface area contributed by atoms with E-state index in [1.807, 2.05) is 32.6 Å². The number of hydrogen-bond acceptors (Lipinski definition) is 8. The Labute approximate surface area is 263 Å². The number of aryl methyl sites for hydroxylation is 1. The van der Waals surface area contributed by atoms with E-state index in [1.165, 1.54) is 34.5 Å². The normalized spacial score (nSPS) is 17.2. The molecule has 2 fully saturated rings. The van der Waals surface area contributed by atoms with Crippen molar-refractivity contribution in [2.45, 2.75) is 49.8 Å². The fourth-order valence-corrected chi connectivity index (χ4v) is 7.04. The summed E-state index contributed by atoms with van der Waals surface area (Å²) < 4.78 is 38.6. The van der Waals surface area contributed by atoms with Gasteiger partial charge in [0.15, 0.2) is 11.5 Å². The van der Waals surface area contributed by atoms with E-state index in [0.29, 0.717) is 54.5 Å². The molecular weight excluding hydrogens is 598 g/mol. The molecule has 0 bridgehead atoms. The number of carbonyl (C=O) groups excluding carboxylic acids is 1. The van der Waals surface area contributed by atoms with Crippen LogP contribution in [0.5, 0.6) is 0 Å². The quantitative estimate of drug-likeness (QED) is 0.255. The van der Waals surface area contributed by atoms with E-state index >= 15 is 8.78 Å². The van der Waals surface area contributed by atoms with Gasteiger partial charge in [-0.1, -0.05) is 26.5 Å². The molecule has 0 saturated carbocycles. The number of fused-ring (bicyclic) bond motifs is 1. The Hall–Kier alpha value is -4.16. The minimum absolute atomic E-state index is 0.0306. The highest BCUT2D eigenvalue weighted by Crippen LogP contribution is 2.40. The number of thioether (sulfide) groups is 1. The van der Waals surface area contributed by atoms with Crippen LogP contribution in [-0.2, 0) is 9.53 Å². The second-order valence-electron chi connectivity index (χ2n) is 11.7. The van der Waals surface area contributed by atoms with Crippen LogP contribution in [0.25, 0.3) is 28.0 Å². The van der Waals surface area contributed by atoms with Gasteiger partial charge in [0.05, 0.1) is 40.8 Å². The molecule has 234 valence electrons. The van der Waals surface area contributed by atoms with E-state index in [0.717, 1.165) is 5.56 Å². The van der Waals surface area contributed by atoms with Crippen molar-refractivity contribution in [3.63, 3.8) is 0 Å². The zero-order valence-corrected chi connectivity index (χ0v) is 26.4. The maximum absolute atomic E-state index is 16.3. The summed E-state index contributed by atoms with van der Waals surface area (Å²) in [7, 11) is 0. The number of amides is 1. The van der Waals surface area contributed by atoms with Crippen molar-refractivity contribution in [3.05, 3.63) is 82.6 Å². The standard InChI is InChI=1S/C33H34F2N6O3S/c1-6-26(42)39-12-13-40(20(5)15-39)31-22-14-24(35)29(27-23(34)8-7-9-25(27)45-21-16-44-17-21)37-32(22)41(33(43)38-31)30-19(4)10-11-36-28(30)18(2)3/h6-11,14,18,20-21H,1,12-13,15-17H2,2-5H3/t20-/m0/s1. The van der Waals surface area contributed by atoms with Gasteiger partial charge in [-0.05, 0) is 55.7 Å². The first-order chi connectivity index (χ1) is 21.6. The molecule has 2 aliphatic rings. The summed E-state index contributed by atoms with van der Waals surface area (Å²) in [5, 5.41) is 0.407. The largest absolute Gasteiger partial charge is 0.379 e. The Balaban J connectivity index is 1.62. The molecule has 12 heteroatoms. The van der Waals surface area contributed by atoms with Crippen LogP contribution in [0.1, 0.15) is 37.9 Å². The summed E-state index contributed by atoms with van der Waals surface area (Å²) in [6, 6.07) is 7.44. The molecule has 0 unspecified atom stereocenters. The van der Waals surface area contributed by atoms with E-state index in [9.17, 15) is 9.59 Å². The zero-order chi connectivity index (χ0) is 32.0. The van der Waals surface area contributed by atoms with Gasteiger partial charge < -0.3 is 14.5 Å². The third-order valence-corrected chi connectivity index (χ3v) is 9.42. The SMILES string of the molecule is C=CC(=O)N1CCN(c2nc(=O)n(-c3c(C)ccnc3C(C)C)c3nc(-c4c(F)cccc4SC4COC4)c(F)cc23)[C@@H](C)C1. The monoisotopic (exact) mass is 632 g/mol. The molecule has 6 rings (SSSR count). The molecule has 0 radical (unpaired) electrons. The smallest absolute Gasteiger partial charge is 0.355 e. The fourth-order valence-electron chi connectivity index (χ4n) is 5.88. The number of nitrogens with zero attached hydrogens (tertiary/aromatic N) is 6. The first kappa shape index (κ1) is 30.8. The van der Waals surface area contributed by atoms with Gasteiger partial charge in [-0.15, -0.1) is 11.8 Å². The van der Waals surface area contributed by atoms with Gasteiger partial charge in [-0.25, -0.2) is 23.1 Å². The molecule has 3 aromatic heterocycles. The number of aromatic nitrogens is 4. The van der Waals surface area contributed by atoms with Gasteiger partial charge in [-0.2, -0.15) is 4.98 Å². The number of anilines is 1. The molecule has 0 N–H and O–H groups in total. The average molecular weight is 633 g/mol. The Morgan fingerprint density at radius 1 is 1.16 bits per heavy atom. The second kappa shape index (κ2) is 12.3. The predicted octanol–water partition coefficient (Wildman–Crippen LogP) is 5.27. The number of hydrogen-bond donors (Lipinski definition) is 0. The number of pyridine rings is 2. The number of halogens is 2. The van der Waals surface area contributed by atoms with Crippen LogP contribution in [0.2, 0.25) is 0 Å². The number of benzene rings is 1. The van der Waals surface area contributed by atoms with Crippen molar-refractivity contribution < 1.29 is 18.3 Å². The highest BCUT2D eigenvalue weighted by atomic mass is 32.2. The topological polar surface area (TPSA) is 93.5 Å². The van der Waals surface area contributed by atoms with Gasteiger partial charge in [0, 0.05) is 36.8 Å². The fraction of sp³-hybridized carbons (Fsp3) is 0.364. The maximum atomic E-state index is 16.3. The van der Waals surface area contributed by atoms with Crippen molar-refractivity contribution in [2.75, 3.05) is 37.7 Å². The van der Waals surface area contributed by atoms with Gasteiger partial charge >= 0.3 is 5.69 Å². The summed E-state index contributed by atoms with van der Waals surface area (Å²) in [5.41, 5.74) is 1.28. The number of piperazine rings is 1. The molecule has 9 nitrogen and oxygen atoms in total. The van der Waals surface area contributed by atoms with E-state index in [1.54, 1.807) is 29.3 Å². The lowest BCUT2D eigenvalue weighted by Gasteiger charge is -2.40. The lowest BCUT2D eigenvalue weighted by Crippen LogP contribution is -2.54. The molecule has 1 amide bonds.